The average Bonchev–Trinajstić information content (AvgIpc) is 3.39. The van der Waals surface area contributed by atoms with Crippen LogP contribution in [0.2, 0.25) is 5.02 Å². The van der Waals surface area contributed by atoms with Crippen molar-refractivity contribution in [1.29, 1.82) is 0 Å². The second kappa shape index (κ2) is 11.7. The monoisotopic (exact) mass is 553 g/mol. The van der Waals surface area contributed by atoms with E-state index in [-0.39, 0.29) is 18.7 Å². The quantitative estimate of drug-likeness (QED) is 0.409. The van der Waals surface area contributed by atoms with Crippen LogP contribution >= 0.6 is 11.6 Å². The van der Waals surface area contributed by atoms with Crippen LogP contribution in [0.15, 0.2) is 48.8 Å². The number of likely N-dealkylation sites (tertiary alicyclic amines) is 1. The average molecular weight is 554 g/mol. The van der Waals surface area contributed by atoms with Crippen molar-refractivity contribution in [3.05, 3.63) is 70.8 Å². The van der Waals surface area contributed by atoms with E-state index in [1.165, 1.54) is 0 Å². The number of piperidine rings is 1. The largest absolute Gasteiger partial charge is 0.493 e. The molecule has 0 spiro atoms. The molecule has 9 nitrogen and oxygen atoms in total. The lowest BCUT2D eigenvalue weighted by atomic mass is 9.92. The fraction of sp³-hybridized carbons (Fsp3) is 0.414. The maximum absolute atomic E-state index is 13.5. The third-order valence-corrected chi connectivity index (χ3v) is 7.84. The Bertz CT molecular complexity index is 1350. The molecule has 5 rings (SSSR count). The van der Waals surface area contributed by atoms with Gasteiger partial charge in [-0.25, -0.2) is 0 Å². The molecule has 0 unspecified atom stereocenters. The molecule has 1 fully saturated rings. The van der Waals surface area contributed by atoms with E-state index < -0.39 is 18.2 Å². The van der Waals surface area contributed by atoms with Crippen molar-refractivity contribution in [2.24, 2.45) is 5.92 Å². The molecule has 1 aromatic carbocycles. The molecule has 3 aromatic rings. The molecule has 206 valence electrons. The molecule has 4 heterocycles. The van der Waals surface area contributed by atoms with E-state index in [1.54, 1.807) is 26.5 Å². The van der Waals surface area contributed by atoms with Crippen molar-refractivity contribution in [3.8, 4) is 17.2 Å². The van der Waals surface area contributed by atoms with Crippen molar-refractivity contribution >= 4 is 23.5 Å². The van der Waals surface area contributed by atoms with Crippen molar-refractivity contribution in [2.75, 3.05) is 27.3 Å². The number of carbonyl (C=O) groups excluding carboxylic acids is 1. The zero-order chi connectivity index (χ0) is 27.5. The number of pyridine rings is 1. The highest BCUT2D eigenvalue weighted by molar-refractivity contribution is 6.30. The van der Waals surface area contributed by atoms with Crippen LogP contribution in [0, 0.1) is 5.92 Å². The third kappa shape index (κ3) is 5.60. The fourth-order valence-electron chi connectivity index (χ4n) is 5.59. The van der Waals surface area contributed by atoms with E-state index in [9.17, 15) is 9.59 Å². The summed E-state index contributed by atoms with van der Waals surface area (Å²) >= 11 is 6.46. The first kappa shape index (κ1) is 27.0. The van der Waals surface area contributed by atoms with Crippen LogP contribution in [-0.2, 0) is 14.3 Å². The third-order valence-electron chi connectivity index (χ3n) is 7.60. The first-order valence-electron chi connectivity index (χ1n) is 13.1. The molecule has 2 aliphatic rings. The molecule has 0 saturated carbocycles. The topological polar surface area (TPSA) is 103 Å². The van der Waals surface area contributed by atoms with Crippen molar-refractivity contribution in [3.63, 3.8) is 0 Å². The summed E-state index contributed by atoms with van der Waals surface area (Å²) in [6.45, 7) is 1.22. The second-order valence-corrected chi connectivity index (χ2v) is 10.3. The van der Waals surface area contributed by atoms with Gasteiger partial charge in [-0.05, 0) is 55.5 Å². The zero-order valence-electron chi connectivity index (χ0n) is 22.0. The first-order valence-corrected chi connectivity index (χ1v) is 13.5. The summed E-state index contributed by atoms with van der Waals surface area (Å²) in [7, 11) is 3.13. The molecular weight excluding hydrogens is 522 g/mol. The van der Waals surface area contributed by atoms with Crippen LogP contribution in [0.5, 0.6) is 11.5 Å². The number of hydrogen-bond acceptors (Lipinski definition) is 6. The van der Waals surface area contributed by atoms with Crippen LogP contribution in [0.25, 0.3) is 5.69 Å². The number of halogens is 1. The number of methoxy groups -OCH3 is 2. The molecule has 39 heavy (non-hydrogen) atoms. The van der Waals surface area contributed by atoms with Crippen molar-refractivity contribution < 1.29 is 28.9 Å². The van der Waals surface area contributed by atoms with Crippen LogP contribution in [-0.4, -0.2) is 58.7 Å². The van der Waals surface area contributed by atoms with Gasteiger partial charge in [0.1, 0.15) is 17.9 Å². The Morgan fingerprint density at radius 3 is 2.67 bits per heavy atom. The van der Waals surface area contributed by atoms with Gasteiger partial charge in [0.05, 0.1) is 32.0 Å². The lowest BCUT2D eigenvalue weighted by Crippen LogP contribution is -2.39. The van der Waals surface area contributed by atoms with E-state index in [2.05, 4.69) is 4.98 Å². The van der Waals surface area contributed by atoms with E-state index in [4.69, 9.17) is 30.9 Å². The number of benzene rings is 1. The molecule has 0 aliphatic carbocycles. The molecule has 1 N–H and O–H groups in total. The highest BCUT2D eigenvalue weighted by Crippen LogP contribution is 2.45. The molecule has 10 heteroatoms. The first-order chi connectivity index (χ1) is 18.9. The minimum Gasteiger partial charge on any atom is -0.493 e. The number of rotatable bonds is 8. The minimum absolute atomic E-state index is 0.00209. The Morgan fingerprint density at radius 1 is 1.15 bits per heavy atom. The SMILES string of the molecule is COc1ccnc([C@@H]2O[C@@H](CC(=O)N3CCC(CCC(=O)O)CC3)c3cccn3-c3ccc(Cl)cc32)c1OC. The number of hydrogen-bond donors (Lipinski definition) is 1. The Kier molecular flexibility index (Phi) is 8.09. The lowest BCUT2D eigenvalue weighted by Gasteiger charge is -2.33. The maximum Gasteiger partial charge on any atom is 0.303 e. The highest BCUT2D eigenvalue weighted by atomic mass is 35.5. The summed E-state index contributed by atoms with van der Waals surface area (Å²) in [6, 6.07) is 11.3. The molecule has 2 atom stereocenters. The number of fused-ring (bicyclic) bond motifs is 3. The van der Waals surface area contributed by atoms with Crippen LogP contribution < -0.4 is 9.47 Å². The Hall–Kier alpha value is -3.56. The number of amides is 1. The molecule has 1 amide bonds. The minimum atomic E-state index is -0.777. The van der Waals surface area contributed by atoms with Crippen molar-refractivity contribution in [2.45, 2.75) is 44.3 Å². The predicted octanol–water partition coefficient (Wildman–Crippen LogP) is 5.20. The molecule has 2 aromatic heterocycles. The van der Waals surface area contributed by atoms with Gasteiger partial charge in [-0.15, -0.1) is 0 Å². The normalized spacial score (nSPS) is 19.1. The van der Waals surface area contributed by atoms with Crippen LogP contribution in [0.4, 0.5) is 0 Å². The van der Waals surface area contributed by atoms with Gasteiger partial charge in [0, 0.05) is 48.6 Å². The van der Waals surface area contributed by atoms with E-state index >= 15 is 0 Å². The second-order valence-electron chi connectivity index (χ2n) is 9.90. The molecule has 2 aliphatic heterocycles. The molecule has 1 saturated heterocycles. The highest BCUT2D eigenvalue weighted by Gasteiger charge is 2.36. The van der Waals surface area contributed by atoms with E-state index in [1.807, 2.05) is 46.0 Å². The standard InChI is InChI=1S/C29H32ClN3O6/c1-37-23-9-12-31-27(29(23)38-2)28-20-16-19(30)6-7-21(20)33-13-3-4-22(33)24(39-28)17-25(34)32-14-10-18(11-15-32)5-8-26(35)36/h3-4,6-7,9,12-13,16,18,24,28H,5,8,10-11,14-15,17H2,1-2H3,(H,35,36)/t24-,28+/m0/s1. The number of carboxylic acid groups (broad SMARTS) is 1. The summed E-state index contributed by atoms with van der Waals surface area (Å²) in [5.41, 5.74) is 3.06. The van der Waals surface area contributed by atoms with Gasteiger partial charge in [-0.3, -0.25) is 14.6 Å². The summed E-state index contributed by atoms with van der Waals surface area (Å²) in [5.74, 6) is 0.526. The van der Waals surface area contributed by atoms with Gasteiger partial charge in [0.25, 0.3) is 0 Å². The van der Waals surface area contributed by atoms with Crippen molar-refractivity contribution in [1.82, 2.24) is 14.5 Å². The zero-order valence-corrected chi connectivity index (χ0v) is 22.8. The number of carboxylic acids is 1. The van der Waals surface area contributed by atoms with Crippen LogP contribution in [0.3, 0.4) is 0 Å². The molecule has 0 radical (unpaired) electrons. The fourth-order valence-corrected chi connectivity index (χ4v) is 5.77. The summed E-state index contributed by atoms with van der Waals surface area (Å²) in [5, 5.41) is 9.55. The predicted molar refractivity (Wildman–Crippen MR) is 145 cm³/mol. The number of nitrogens with zero attached hydrogens (tertiary/aromatic N) is 3. The molecule has 0 bridgehead atoms. The summed E-state index contributed by atoms with van der Waals surface area (Å²) < 4.78 is 20.0. The number of aromatic nitrogens is 2. The Morgan fingerprint density at radius 2 is 1.95 bits per heavy atom. The van der Waals surface area contributed by atoms with Gasteiger partial charge in [-0.1, -0.05) is 11.6 Å². The van der Waals surface area contributed by atoms with Crippen LogP contribution in [0.1, 0.15) is 61.3 Å². The van der Waals surface area contributed by atoms with Gasteiger partial charge in [0.2, 0.25) is 5.91 Å². The Labute approximate surface area is 232 Å². The van der Waals surface area contributed by atoms with Gasteiger partial charge in [0.15, 0.2) is 11.5 Å². The smallest absolute Gasteiger partial charge is 0.303 e. The summed E-state index contributed by atoms with van der Waals surface area (Å²) in [4.78, 5) is 31.0. The van der Waals surface area contributed by atoms with Gasteiger partial charge >= 0.3 is 5.97 Å². The number of aliphatic carboxylic acids is 1. The maximum atomic E-state index is 13.5. The van der Waals surface area contributed by atoms with Gasteiger partial charge < -0.3 is 28.8 Å². The molecular formula is C29H32ClN3O6. The Balaban J connectivity index is 1.45. The summed E-state index contributed by atoms with van der Waals surface area (Å²) in [6.07, 6.45) is 4.92. The number of ether oxygens (including phenoxy) is 3. The van der Waals surface area contributed by atoms with Gasteiger partial charge in [-0.2, -0.15) is 0 Å². The number of carbonyl (C=O) groups is 2. The lowest BCUT2D eigenvalue weighted by molar-refractivity contribution is -0.139. The van der Waals surface area contributed by atoms with E-state index in [0.29, 0.717) is 47.6 Å². The van der Waals surface area contributed by atoms with E-state index in [0.717, 1.165) is 29.8 Å².